The monoisotopic (exact) mass is 269 g/mol. The lowest BCUT2D eigenvalue weighted by molar-refractivity contribution is -0.0728. The first kappa shape index (κ1) is 15.2. The van der Waals surface area contributed by atoms with Gasteiger partial charge in [0, 0.05) is 25.2 Å². The van der Waals surface area contributed by atoms with E-state index in [1.165, 1.54) is 32.5 Å². The number of hydrogen-bond donors (Lipinski definition) is 1. The first-order chi connectivity index (χ1) is 9.05. The van der Waals surface area contributed by atoms with Crippen LogP contribution >= 0.6 is 0 Å². The Morgan fingerprint density at radius 1 is 1.32 bits per heavy atom. The highest BCUT2D eigenvalue weighted by Crippen LogP contribution is 2.33. The zero-order valence-electron chi connectivity index (χ0n) is 12.9. The zero-order chi connectivity index (χ0) is 13.9. The van der Waals surface area contributed by atoms with Gasteiger partial charge in [0.15, 0.2) is 0 Å². The van der Waals surface area contributed by atoms with Gasteiger partial charge in [-0.1, -0.05) is 0 Å². The van der Waals surface area contributed by atoms with Gasteiger partial charge in [-0.05, 0) is 65.7 Å². The Balaban J connectivity index is 1.91. The van der Waals surface area contributed by atoms with Gasteiger partial charge in [-0.2, -0.15) is 0 Å². The highest BCUT2D eigenvalue weighted by Gasteiger charge is 2.40. The molecule has 0 spiro atoms. The van der Waals surface area contributed by atoms with Gasteiger partial charge in [0.2, 0.25) is 0 Å². The summed E-state index contributed by atoms with van der Waals surface area (Å²) in [7, 11) is 4.35. The minimum atomic E-state index is 0.209. The van der Waals surface area contributed by atoms with E-state index in [2.05, 4.69) is 30.8 Å². The molecule has 4 nitrogen and oxygen atoms in total. The van der Waals surface area contributed by atoms with E-state index in [-0.39, 0.29) is 5.54 Å². The van der Waals surface area contributed by atoms with E-state index in [4.69, 9.17) is 10.5 Å². The van der Waals surface area contributed by atoms with E-state index in [0.717, 1.165) is 31.9 Å². The summed E-state index contributed by atoms with van der Waals surface area (Å²) in [5.41, 5.74) is 6.35. The molecular weight excluding hydrogens is 238 g/mol. The van der Waals surface area contributed by atoms with Crippen molar-refractivity contribution in [2.75, 3.05) is 46.9 Å². The molecule has 2 rings (SSSR count). The normalized spacial score (nSPS) is 34.9. The van der Waals surface area contributed by atoms with Crippen LogP contribution in [0.4, 0.5) is 0 Å². The van der Waals surface area contributed by atoms with E-state index < -0.39 is 0 Å². The van der Waals surface area contributed by atoms with Gasteiger partial charge in [-0.15, -0.1) is 0 Å². The Hall–Kier alpha value is -0.160. The molecule has 2 fully saturated rings. The third-order valence-electron chi connectivity index (χ3n) is 4.93. The predicted octanol–water partition coefficient (Wildman–Crippen LogP) is 1.16. The summed E-state index contributed by atoms with van der Waals surface area (Å²) in [5.74, 6) is 0.860. The van der Waals surface area contributed by atoms with Crippen molar-refractivity contribution in [1.82, 2.24) is 9.80 Å². The number of nitrogens with two attached hydrogens (primary N) is 1. The number of rotatable bonds is 4. The van der Waals surface area contributed by atoms with E-state index in [0.29, 0.717) is 6.10 Å². The lowest BCUT2D eigenvalue weighted by Crippen LogP contribution is -2.60. The molecule has 2 N–H and O–H groups in total. The maximum atomic E-state index is 6.14. The second-order valence-electron chi connectivity index (χ2n) is 6.76. The van der Waals surface area contributed by atoms with Crippen LogP contribution < -0.4 is 5.73 Å². The molecule has 2 heterocycles. The number of hydrogen-bond acceptors (Lipinski definition) is 4. The minimum Gasteiger partial charge on any atom is -0.378 e. The van der Waals surface area contributed by atoms with Gasteiger partial charge in [-0.3, -0.25) is 4.90 Å². The molecule has 2 unspecified atom stereocenters. The van der Waals surface area contributed by atoms with Gasteiger partial charge < -0.3 is 15.4 Å². The van der Waals surface area contributed by atoms with Crippen LogP contribution in [0.25, 0.3) is 0 Å². The van der Waals surface area contributed by atoms with Crippen LogP contribution in [0, 0.1) is 5.92 Å². The van der Waals surface area contributed by atoms with Crippen LogP contribution in [0.15, 0.2) is 0 Å². The van der Waals surface area contributed by atoms with Crippen molar-refractivity contribution in [3.8, 4) is 0 Å². The molecule has 0 radical (unpaired) electrons. The van der Waals surface area contributed by atoms with E-state index in [9.17, 15) is 0 Å². The number of piperidine rings is 1. The van der Waals surface area contributed by atoms with Crippen LogP contribution in [0.3, 0.4) is 0 Å². The van der Waals surface area contributed by atoms with Crippen LogP contribution in [-0.4, -0.2) is 68.3 Å². The third kappa shape index (κ3) is 3.69. The Labute approximate surface area is 118 Å². The third-order valence-corrected chi connectivity index (χ3v) is 4.93. The van der Waals surface area contributed by atoms with Crippen molar-refractivity contribution in [2.24, 2.45) is 11.7 Å². The SMILES string of the molecule is CC1CC(CN)(N2CCC(CN(C)C)CC2)CCO1. The van der Waals surface area contributed by atoms with Gasteiger partial charge >= 0.3 is 0 Å². The molecule has 2 atom stereocenters. The minimum absolute atomic E-state index is 0.209. The van der Waals surface area contributed by atoms with Crippen molar-refractivity contribution in [3.63, 3.8) is 0 Å². The Kier molecular flexibility index (Phi) is 5.23. The molecule has 0 saturated carbocycles. The molecular formula is C15H31N3O. The average molecular weight is 269 g/mol. The van der Waals surface area contributed by atoms with Gasteiger partial charge in [0.25, 0.3) is 0 Å². The summed E-state index contributed by atoms with van der Waals surface area (Å²) in [4.78, 5) is 4.98. The summed E-state index contributed by atoms with van der Waals surface area (Å²) >= 11 is 0. The standard InChI is InChI=1S/C15H31N3O/c1-13-10-15(12-16,6-9-19-13)18-7-4-14(5-8-18)11-17(2)3/h13-14H,4-12,16H2,1-3H3. The first-order valence-corrected chi connectivity index (χ1v) is 7.77. The molecule has 0 aliphatic carbocycles. The van der Waals surface area contributed by atoms with Crippen LogP contribution in [0.1, 0.15) is 32.6 Å². The Morgan fingerprint density at radius 3 is 2.53 bits per heavy atom. The second kappa shape index (κ2) is 6.53. The summed E-state index contributed by atoms with van der Waals surface area (Å²) in [6, 6.07) is 0. The fourth-order valence-electron chi connectivity index (χ4n) is 3.85. The molecule has 2 aliphatic rings. The summed E-state index contributed by atoms with van der Waals surface area (Å²) in [6.45, 7) is 7.48. The van der Waals surface area contributed by atoms with E-state index >= 15 is 0 Å². The Bertz CT molecular complexity index is 277. The van der Waals surface area contributed by atoms with Crippen molar-refractivity contribution in [2.45, 2.75) is 44.2 Å². The fourth-order valence-corrected chi connectivity index (χ4v) is 3.85. The fraction of sp³-hybridized carbons (Fsp3) is 1.00. The molecule has 0 aromatic heterocycles. The van der Waals surface area contributed by atoms with Gasteiger partial charge in [-0.25, -0.2) is 0 Å². The van der Waals surface area contributed by atoms with Crippen molar-refractivity contribution >= 4 is 0 Å². The maximum Gasteiger partial charge on any atom is 0.0565 e. The van der Waals surface area contributed by atoms with Crippen LogP contribution in [0.2, 0.25) is 0 Å². The first-order valence-electron chi connectivity index (χ1n) is 7.77. The maximum absolute atomic E-state index is 6.14. The van der Waals surface area contributed by atoms with Gasteiger partial charge in [0.1, 0.15) is 0 Å². The highest BCUT2D eigenvalue weighted by atomic mass is 16.5. The number of ether oxygens (including phenoxy) is 1. The molecule has 0 amide bonds. The molecule has 0 bridgehead atoms. The zero-order valence-corrected chi connectivity index (χ0v) is 12.9. The molecule has 2 aliphatic heterocycles. The smallest absolute Gasteiger partial charge is 0.0565 e. The second-order valence-corrected chi connectivity index (χ2v) is 6.76. The lowest BCUT2D eigenvalue weighted by Gasteiger charge is -2.50. The van der Waals surface area contributed by atoms with E-state index in [1.54, 1.807) is 0 Å². The topological polar surface area (TPSA) is 41.7 Å². The lowest BCUT2D eigenvalue weighted by atomic mass is 9.82. The van der Waals surface area contributed by atoms with Crippen LogP contribution in [-0.2, 0) is 4.74 Å². The summed E-state index contributed by atoms with van der Waals surface area (Å²) in [5, 5.41) is 0. The van der Waals surface area contributed by atoms with Crippen molar-refractivity contribution < 1.29 is 4.74 Å². The van der Waals surface area contributed by atoms with Crippen molar-refractivity contribution in [1.29, 1.82) is 0 Å². The molecule has 0 aromatic carbocycles. The van der Waals surface area contributed by atoms with E-state index in [1.807, 2.05) is 0 Å². The Morgan fingerprint density at radius 2 is 2.00 bits per heavy atom. The largest absolute Gasteiger partial charge is 0.378 e. The number of likely N-dealkylation sites (tertiary alicyclic amines) is 1. The highest BCUT2D eigenvalue weighted by molar-refractivity contribution is 4.97. The molecule has 19 heavy (non-hydrogen) atoms. The molecule has 0 aromatic rings. The van der Waals surface area contributed by atoms with Gasteiger partial charge in [0.05, 0.1) is 6.10 Å². The average Bonchev–Trinajstić information content (AvgIpc) is 2.38. The summed E-state index contributed by atoms with van der Waals surface area (Å²) in [6.07, 6.45) is 5.19. The number of nitrogens with zero attached hydrogens (tertiary/aromatic N) is 2. The molecule has 4 heteroatoms. The molecule has 112 valence electrons. The molecule has 2 saturated heterocycles. The quantitative estimate of drug-likeness (QED) is 0.831. The van der Waals surface area contributed by atoms with Crippen molar-refractivity contribution in [3.05, 3.63) is 0 Å². The summed E-state index contributed by atoms with van der Waals surface area (Å²) < 4.78 is 5.71. The predicted molar refractivity (Wildman–Crippen MR) is 79.3 cm³/mol. The van der Waals surface area contributed by atoms with Crippen LogP contribution in [0.5, 0.6) is 0 Å².